The molecule has 24 heavy (non-hydrogen) atoms. The van der Waals surface area contributed by atoms with Crippen molar-refractivity contribution in [2.75, 3.05) is 0 Å². The monoisotopic (exact) mass is 396 g/mol. The molecule has 8 nitrogen and oxygen atoms in total. The van der Waals surface area contributed by atoms with Gasteiger partial charge in [0.25, 0.3) is 5.91 Å². The van der Waals surface area contributed by atoms with Gasteiger partial charge in [-0.25, -0.2) is 9.78 Å². The van der Waals surface area contributed by atoms with Crippen LogP contribution in [0.25, 0.3) is 5.65 Å². The van der Waals surface area contributed by atoms with Crippen molar-refractivity contribution in [2.45, 2.75) is 32.7 Å². The van der Waals surface area contributed by atoms with Crippen LogP contribution in [0.2, 0.25) is 0 Å². The second-order valence-electron chi connectivity index (χ2n) is 5.45. The van der Waals surface area contributed by atoms with Crippen molar-refractivity contribution in [3.05, 3.63) is 33.7 Å². The van der Waals surface area contributed by atoms with Gasteiger partial charge in [-0.3, -0.25) is 14.0 Å². The molecule has 0 aliphatic carbocycles. The first-order valence-electron chi connectivity index (χ1n) is 7.17. The van der Waals surface area contributed by atoms with Crippen LogP contribution in [0.3, 0.4) is 0 Å². The van der Waals surface area contributed by atoms with E-state index in [0.29, 0.717) is 11.3 Å². The molecule has 1 unspecified atom stereocenters. The molecule has 0 aliphatic rings. The largest absolute Gasteiger partial charge is 0.480 e. The number of nitrogens with two attached hydrogens (primary N) is 1. The number of hydrogen-bond acceptors (Lipinski definition) is 4. The number of nitrogens with one attached hydrogen (secondary N) is 1. The standard InChI is InChI=1S/C15H17BrN4O4/c1-7-5-9(16)6-20-12(8(2)18-13(7)20)14(22)19-10(15(23)24)3-4-11(17)21/h5-6,10H,3-4H2,1-2H3,(H2,17,21)(H,19,22)(H,23,24). The minimum absolute atomic E-state index is 0.0745. The summed E-state index contributed by atoms with van der Waals surface area (Å²) < 4.78 is 2.37. The Hall–Kier alpha value is -2.42. The summed E-state index contributed by atoms with van der Waals surface area (Å²) in [6.45, 7) is 3.54. The van der Waals surface area contributed by atoms with Gasteiger partial charge in [0.2, 0.25) is 5.91 Å². The van der Waals surface area contributed by atoms with Crippen LogP contribution in [-0.4, -0.2) is 38.3 Å². The third kappa shape index (κ3) is 3.73. The summed E-state index contributed by atoms with van der Waals surface area (Å²) >= 11 is 3.36. The van der Waals surface area contributed by atoms with Crippen LogP contribution in [-0.2, 0) is 9.59 Å². The predicted molar refractivity (Wildman–Crippen MR) is 89.7 cm³/mol. The minimum Gasteiger partial charge on any atom is -0.480 e. The molecule has 0 spiro atoms. The number of amides is 2. The van der Waals surface area contributed by atoms with Gasteiger partial charge in [-0.15, -0.1) is 0 Å². The maximum atomic E-state index is 12.6. The highest BCUT2D eigenvalue weighted by molar-refractivity contribution is 9.10. The number of fused-ring (bicyclic) bond motifs is 1. The van der Waals surface area contributed by atoms with Crippen molar-refractivity contribution >= 4 is 39.4 Å². The molecule has 1 atom stereocenters. The summed E-state index contributed by atoms with van der Waals surface area (Å²) in [6, 6.07) is 0.666. The number of nitrogens with zero attached hydrogens (tertiary/aromatic N) is 2. The Morgan fingerprint density at radius 1 is 1.42 bits per heavy atom. The number of imidazole rings is 1. The van der Waals surface area contributed by atoms with Gasteiger partial charge in [-0.1, -0.05) is 0 Å². The molecule has 2 rings (SSSR count). The molecule has 2 aromatic heterocycles. The molecule has 0 fully saturated rings. The molecule has 2 amide bonds. The van der Waals surface area contributed by atoms with E-state index in [1.165, 1.54) is 0 Å². The van der Waals surface area contributed by atoms with Gasteiger partial charge >= 0.3 is 5.97 Å². The summed E-state index contributed by atoms with van der Waals surface area (Å²) in [6.07, 6.45) is 1.49. The number of aromatic nitrogens is 2. The van der Waals surface area contributed by atoms with Gasteiger partial charge in [0, 0.05) is 17.1 Å². The van der Waals surface area contributed by atoms with E-state index >= 15 is 0 Å². The quantitative estimate of drug-likeness (QED) is 0.674. The number of carbonyl (C=O) groups excluding carboxylic acids is 2. The van der Waals surface area contributed by atoms with Crippen LogP contribution in [0, 0.1) is 13.8 Å². The molecule has 4 N–H and O–H groups in total. The van der Waals surface area contributed by atoms with Gasteiger partial charge in [0.1, 0.15) is 17.4 Å². The van der Waals surface area contributed by atoms with Crippen LogP contribution >= 0.6 is 15.9 Å². The van der Waals surface area contributed by atoms with Crippen molar-refractivity contribution in [1.29, 1.82) is 0 Å². The number of carboxylic acid groups (broad SMARTS) is 1. The minimum atomic E-state index is -1.23. The van der Waals surface area contributed by atoms with E-state index in [4.69, 9.17) is 5.73 Å². The molecule has 0 aliphatic heterocycles. The lowest BCUT2D eigenvalue weighted by Crippen LogP contribution is -2.42. The zero-order valence-corrected chi connectivity index (χ0v) is 14.8. The van der Waals surface area contributed by atoms with Crippen molar-refractivity contribution in [1.82, 2.24) is 14.7 Å². The second-order valence-corrected chi connectivity index (χ2v) is 6.37. The smallest absolute Gasteiger partial charge is 0.326 e. The average molecular weight is 397 g/mol. The molecule has 2 heterocycles. The number of aryl methyl sites for hydroxylation is 2. The average Bonchev–Trinajstić information content (AvgIpc) is 2.79. The summed E-state index contributed by atoms with van der Waals surface area (Å²) in [5, 5.41) is 11.6. The zero-order chi connectivity index (χ0) is 18.0. The Morgan fingerprint density at radius 2 is 2.08 bits per heavy atom. The van der Waals surface area contributed by atoms with E-state index < -0.39 is 23.8 Å². The Bertz CT molecular complexity index is 830. The van der Waals surface area contributed by atoms with Crippen molar-refractivity contribution in [3.63, 3.8) is 0 Å². The van der Waals surface area contributed by atoms with Crippen LogP contribution < -0.4 is 11.1 Å². The zero-order valence-electron chi connectivity index (χ0n) is 13.2. The first kappa shape index (κ1) is 17.9. The molecule has 9 heteroatoms. The van der Waals surface area contributed by atoms with Gasteiger partial charge in [0.05, 0.1) is 5.69 Å². The number of carbonyl (C=O) groups is 3. The number of hydrogen-bond donors (Lipinski definition) is 3. The maximum Gasteiger partial charge on any atom is 0.326 e. The lowest BCUT2D eigenvalue weighted by Gasteiger charge is -2.14. The topological polar surface area (TPSA) is 127 Å². The molecular weight excluding hydrogens is 380 g/mol. The number of pyridine rings is 1. The van der Waals surface area contributed by atoms with Gasteiger partial charge in [-0.2, -0.15) is 0 Å². The van der Waals surface area contributed by atoms with Gasteiger partial charge in [-0.05, 0) is 47.8 Å². The molecular formula is C15H17BrN4O4. The number of carboxylic acids is 1. The number of rotatable bonds is 6. The third-order valence-corrected chi connectivity index (χ3v) is 3.98. The Morgan fingerprint density at radius 3 is 2.67 bits per heavy atom. The summed E-state index contributed by atoms with van der Waals surface area (Å²) in [7, 11) is 0. The fourth-order valence-corrected chi connectivity index (χ4v) is 2.97. The first-order valence-corrected chi connectivity index (χ1v) is 7.96. The SMILES string of the molecule is Cc1nc2c(C)cc(Br)cn2c1C(=O)NC(CCC(N)=O)C(=O)O. The molecule has 128 valence electrons. The lowest BCUT2D eigenvalue weighted by atomic mass is 10.1. The molecule has 0 aromatic carbocycles. The van der Waals surface area contributed by atoms with Crippen LogP contribution in [0.4, 0.5) is 0 Å². The molecule has 0 bridgehead atoms. The molecule has 0 saturated carbocycles. The summed E-state index contributed by atoms with van der Waals surface area (Å²) in [5.41, 5.74) is 7.25. The number of halogens is 1. The van der Waals surface area contributed by atoms with E-state index in [0.717, 1.165) is 10.0 Å². The van der Waals surface area contributed by atoms with E-state index in [1.807, 2.05) is 13.0 Å². The Balaban J connectivity index is 2.35. The fraction of sp³-hybridized carbons (Fsp3) is 0.333. The third-order valence-electron chi connectivity index (χ3n) is 3.54. The Kier molecular flexibility index (Phi) is 5.23. The highest BCUT2D eigenvalue weighted by Crippen LogP contribution is 2.20. The van der Waals surface area contributed by atoms with Crippen molar-refractivity contribution in [3.8, 4) is 0 Å². The maximum absolute atomic E-state index is 12.6. The second kappa shape index (κ2) is 7.00. The molecule has 0 radical (unpaired) electrons. The predicted octanol–water partition coefficient (Wildman–Crippen LogP) is 1.16. The Labute approximate surface area is 146 Å². The van der Waals surface area contributed by atoms with E-state index in [-0.39, 0.29) is 18.5 Å². The van der Waals surface area contributed by atoms with E-state index in [1.54, 1.807) is 17.5 Å². The first-order chi connectivity index (χ1) is 11.2. The van der Waals surface area contributed by atoms with Gasteiger partial charge in [0.15, 0.2) is 0 Å². The molecule has 2 aromatic rings. The molecule has 0 saturated heterocycles. The highest BCUT2D eigenvalue weighted by atomic mass is 79.9. The van der Waals surface area contributed by atoms with Crippen LogP contribution in [0.15, 0.2) is 16.7 Å². The van der Waals surface area contributed by atoms with Crippen molar-refractivity contribution in [2.24, 2.45) is 5.73 Å². The number of aliphatic carboxylic acids is 1. The number of primary amides is 1. The van der Waals surface area contributed by atoms with Crippen LogP contribution in [0.5, 0.6) is 0 Å². The fourth-order valence-electron chi connectivity index (χ4n) is 2.43. The van der Waals surface area contributed by atoms with Crippen molar-refractivity contribution < 1.29 is 19.5 Å². The summed E-state index contributed by atoms with van der Waals surface area (Å²) in [5.74, 6) is -2.43. The highest BCUT2D eigenvalue weighted by Gasteiger charge is 2.25. The van der Waals surface area contributed by atoms with E-state index in [2.05, 4.69) is 26.2 Å². The summed E-state index contributed by atoms with van der Waals surface area (Å²) in [4.78, 5) is 39.0. The van der Waals surface area contributed by atoms with Gasteiger partial charge < -0.3 is 16.2 Å². The van der Waals surface area contributed by atoms with E-state index in [9.17, 15) is 19.5 Å². The lowest BCUT2D eigenvalue weighted by molar-refractivity contribution is -0.139. The van der Waals surface area contributed by atoms with Crippen LogP contribution in [0.1, 0.15) is 34.6 Å². The normalized spacial score (nSPS) is 12.1.